The van der Waals surface area contributed by atoms with Gasteiger partial charge in [-0.3, -0.25) is 4.68 Å². The molecule has 0 unspecified atom stereocenters. The van der Waals surface area contributed by atoms with E-state index in [1.807, 2.05) is 19.2 Å². The van der Waals surface area contributed by atoms with Gasteiger partial charge in [-0.2, -0.15) is 5.10 Å². The summed E-state index contributed by atoms with van der Waals surface area (Å²) >= 11 is 0. The Labute approximate surface area is 106 Å². The molecule has 0 atom stereocenters. The number of fused-ring (bicyclic) bond motifs is 1. The quantitative estimate of drug-likeness (QED) is 0.826. The topological polar surface area (TPSA) is 56.3 Å². The van der Waals surface area contributed by atoms with Crippen LogP contribution in [0, 0.1) is 0 Å². The number of nitrogens with two attached hydrogens (primary N) is 1. The number of anilines is 2. The lowest BCUT2D eigenvalue weighted by molar-refractivity contribution is 0.312. The minimum absolute atomic E-state index is 0.653. The number of aryl methyl sites for hydroxylation is 1. The van der Waals surface area contributed by atoms with E-state index in [-0.39, 0.29) is 0 Å². The smallest absolute Gasteiger partial charge is 0.150 e. The predicted molar refractivity (Wildman–Crippen MR) is 71.8 cm³/mol. The lowest BCUT2D eigenvalue weighted by atomic mass is 10.1. The zero-order chi connectivity index (χ0) is 12.7. The summed E-state index contributed by atoms with van der Waals surface area (Å²) in [6, 6.07) is 6.10. The van der Waals surface area contributed by atoms with Crippen LogP contribution in [0.5, 0.6) is 5.75 Å². The van der Waals surface area contributed by atoms with E-state index in [0.717, 1.165) is 29.1 Å². The van der Waals surface area contributed by atoms with Crippen LogP contribution in [0.3, 0.4) is 0 Å². The summed E-state index contributed by atoms with van der Waals surface area (Å²) in [6.45, 7) is 1.60. The van der Waals surface area contributed by atoms with E-state index in [2.05, 4.69) is 23.1 Å². The first-order valence-corrected chi connectivity index (χ1v) is 5.93. The molecule has 1 aliphatic rings. The molecule has 0 amide bonds. The zero-order valence-corrected chi connectivity index (χ0v) is 10.6. The van der Waals surface area contributed by atoms with Crippen LogP contribution < -0.4 is 15.4 Å². The van der Waals surface area contributed by atoms with Gasteiger partial charge in [-0.15, -0.1) is 0 Å². The Kier molecular flexibility index (Phi) is 2.40. The second-order valence-electron chi connectivity index (χ2n) is 4.49. The average Bonchev–Trinajstić information content (AvgIpc) is 2.70. The standard InChI is InChI=1S/C13H16N4O/c1-16-6-7-18-12-9(4-3-5-11(12)16)10-8-15-17(2)13(10)14/h3-5,8H,6-7,14H2,1-2H3. The van der Waals surface area contributed by atoms with E-state index >= 15 is 0 Å². The van der Waals surface area contributed by atoms with E-state index in [4.69, 9.17) is 10.5 Å². The number of likely N-dealkylation sites (N-methyl/N-ethyl adjacent to an activating group) is 1. The zero-order valence-electron chi connectivity index (χ0n) is 10.6. The second-order valence-corrected chi connectivity index (χ2v) is 4.49. The summed E-state index contributed by atoms with van der Waals surface area (Å²) in [5.41, 5.74) is 9.06. The molecule has 0 fully saturated rings. The molecule has 94 valence electrons. The minimum Gasteiger partial charge on any atom is -0.489 e. The van der Waals surface area contributed by atoms with E-state index in [9.17, 15) is 0 Å². The molecule has 2 N–H and O–H groups in total. The Bertz CT molecular complexity index is 591. The molecule has 2 aromatic rings. The van der Waals surface area contributed by atoms with Gasteiger partial charge in [-0.25, -0.2) is 0 Å². The number of aromatic nitrogens is 2. The molecule has 2 heterocycles. The van der Waals surface area contributed by atoms with E-state index in [0.29, 0.717) is 12.4 Å². The van der Waals surface area contributed by atoms with Gasteiger partial charge in [0.2, 0.25) is 0 Å². The van der Waals surface area contributed by atoms with Crippen LogP contribution in [-0.4, -0.2) is 30.0 Å². The van der Waals surface area contributed by atoms with Crippen LogP contribution in [-0.2, 0) is 7.05 Å². The van der Waals surface area contributed by atoms with Crippen molar-refractivity contribution >= 4 is 11.5 Å². The summed E-state index contributed by atoms with van der Waals surface area (Å²) in [7, 11) is 3.90. The third kappa shape index (κ3) is 1.51. The van der Waals surface area contributed by atoms with Crippen LogP contribution in [0.1, 0.15) is 0 Å². The Balaban J connectivity index is 2.19. The van der Waals surface area contributed by atoms with Gasteiger partial charge in [-0.05, 0) is 6.07 Å². The van der Waals surface area contributed by atoms with Crippen LogP contribution in [0.4, 0.5) is 11.5 Å². The van der Waals surface area contributed by atoms with Gasteiger partial charge < -0.3 is 15.4 Å². The van der Waals surface area contributed by atoms with Gasteiger partial charge >= 0.3 is 0 Å². The number of benzene rings is 1. The van der Waals surface area contributed by atoms with E-state index < -0.39 is 0 Å². The van der Waals surface area contributed by atoms with Crippen molar-refractivity contribution in [3.8, 4) is 16.9 Å². The van der Waals surface area contributed by atoms with Crippen molar-refractivity contribution in [3.05, 3.63) is 24.4 Å². The molecule has 3 rings (SSSR count). The van der Waals surface area contributed by atoms with Gasteiger partial charge in [0, 0.05) is 25.2 Å². The van der Waals surface area contributed by atoms with Crippen molar-refractivity contribution in [1.29, 1.82) is 0 Å². The number of rotatable bonds is 1. The molecular weight excluding hydrogens is 228 g/mol. The molecule has 0 saturated carbocycles. The molecule has 0 radical (unpaired) electrons. The van der Waals surface area contributed by atoms with Crippen molar-refractivity contribution in [2.75, 3.05) is 30.8 Å². The summed E-state index contributed by atoms with van der Waals surface area (Å²) in [4.78, 5) is 2.19. The van der Waals surface area contributed by atoms with Gasteiger partial charge in [0.05, 0.1) is 18.4 Å². The molecular formula is C13H16N4O. The molecule has 1 aliphatic heterocycles. The molecule has 5 nitrogen and oxygen atoms in total. The molecule has 1 aromatic heterocycles. The number of hydrogen-bond donors (Lipinski definition) is 1. The maximum Gasteiger partial charge on any atom is 0.150 e. The van der Waals surface area contributed by atoms with Crippen LogP contribution >= 0.6 is 0 Å². The van der Waals surface area contributed by atoms with Crippen molar-refractivity contribution in [1.82, 2.24) is 9.78 Å². The second kappa shape index (κ2) is 3.94. The fraction of sp³-hybridized carbons (Fsp3) is 0.308. The minimum atomic E-state index is 0.653. The Morgan fingerprint density at radius 1 is 1.28 bits per heavy atom. The maximum absolute atomic E-state index is 6.03. The number of hydrogen-bond acceptors (Lipinski definition) is 4. The Hall–Kier alpha value is -2.17. The van der Waals surface area contributed by atoms with Crippen LogP contribution in [0.25, 0.3) is 11.1 Å². The predicted octanol–water partition coefficient (Wildman–Crippen LogP) is 1.50. The lowest BCUT2D eigenvalue weighted by Crippen LogP contribution is -2.28. The van der Waals surface area contributed by atoms with Gasteiger partial charge in [0.25, 0.3) is 0 Å². The highest BCUT2D eigenvalue weighted by Gasteiger charge is 2.21. The van der Waals surface area contributed by atoms with Crippen LogP contribution in [0.2, 0.25) is 0 Å². The van der Waals surface area contributed by atoms with Crippen molar-refractivity contribution in [3.63, 3.8) is 0 Å². The third-order valence-electron chi connectivity index (χ3n) is 3.35. The lowest BCUT2D eigenvalue weighted by Gasteiger charge is -2.29. The highest BCUT2D eigenvalue weighted by atomic mass is 16.5. The maximum atomic E-state index is 6.03. The Morgan fingerprint density at radius 3 is 2.83 bits per heavy atom. The number of nitrogen functional groups attached to an aromatic ring is 1. The van der Waals surface area contributed by atoms with E-state index in [1.54, 1.807) is 10.9 Å². The SMILES string of the molecule is CN1CCOc2c(-c3cnn(C)c3N)cccc21. The molecule has 0 spiro atoms. The van der Waals surface area contributed by atoms with Gasteiger partial charge in [-0.1, -0.05) is 12.1 Å². The molecule has 5 heteroatoms. The summed E-state index contributed by atoms with van der Waals surface area (Å²) in [5, 5.41) is 4.18. The van der Waals surface area contributed by atoms with Crippen molar-refractivity contribution < 1.29 is 4.74 Å². The van der Waals surface area contributed by atoms with Gasteiger partial charge in [0.1, 0.15) is 12.4 Å². The number of ether oxygens (including phenoxy) is 1. The molecule has 0 saturated heterocycles. The summed E-state index contributed by atoms with van der Waals surface area (Å²) in [6.07, 6.45) is 1.78. The fourth-order valence-corrected chi connectivity index (χ4v) is 2.25. The van der Waals surface area contributed by atoms with Gasteiger partial charge in [0.15, 0.2) is 5.75 Å². The normalized spacial score (nSPS) is 14.2. The van der Waals surface area contributed by atoms with Crippen molar-refractivity contribution in [2.24, 2.45) is 7.05 Å². The van der Waals surface area contributed by atoms with E-state index in [1.165, 1.54) is 0 Å². The van der Waals surface area contributed by atoms with Crippen LogP contribution in [0.15, 0.2) is 24.4 Å². The Morgan fingerprint density at radius 2 is 2.11 bits per heavy atom. The first kappa shape index (κ1) is 11.0. The summed E-state index contributed by atoms with van der Waals surface area (Å²) < 4.78 is 7.48. The highest BCUT2D eigenvalue weighted by molar-refractivity contribution is 5.84. The largest absolute Gasteiger partial charge is 0.489 e. The molecule has 0 bridgehead atoms. The first-order valence-electron chi connectivity index (χ1n) is 5.93. The number of nitrogens with zero attached hydrogens (tertiary/aromatic N) is 3. The third-order valence-corrected chi connectivity index (χ3v) is 3.35. The van der Waals surface area contributed by atoms with Crippen molar-refractivity contribution in [2.45, 2.75) is 0 Å². The molecule has 0 aliphatic carbocycles. The first-order chi connectivity index (χ1) is 8.68. The molecule has 1 aromatic carbocycles. The highest BCUT2D eigenvalue weighted by Crippen LogP contribution is 2.41. The monoisotopic (exact) mass is 244 g/mol. The summed E-state index contributed by atoms with van der Waals surface area (Å²) in [5.74, 6) is 1.55. The average molecular weight is 244 g/mol. The fourth-order valence-electron chi connectivity index (χ4n) is 2.25. The number of para-hydroxylation sites is 1. The molecule has 18 heavy (non-hydrogen) atoms.